The number of nitrogens with one attached hydrogen (secondary N) is 3. The molecule has 0 aromatic heterocycles. The highest BCUT2D eigenvalue weighted by atomic mass is 19.4. The normalized spacial score (nSPS) is 11.4. The van der Waals surface area contributed by atoms with Gasteiger partial charge in [0, 0.05) is 16.9 Å². The average molecular weight is 556 g/mol. The van der Waals surface area contributed by atoms with Gasteiger partial charge < -0.3 is 15.8 Å². The van der Waals surface area contributed by atoms with Crippen LogP contribution in [0.5, 0.6) is 5.75 Å². The Morgan fingerprint density at radius 3 is 2.17 bits per heavy atom. The zero-order chi connectivity index (χ0) is 29.1. The Morgan fingerprint density at radius 2 is 1.60 bits per heavy atom. The summed E-state index contributed by atoms with van der Waals surface area (Å²) in [7, 11) is 0. The lowest BCUT2D eigenvalue weighted by molar-refractivity contribution is -0.274. The van der Waals surface area contributed by atoms with Crippen molar-refractivity contribution in [2.45, 2.75) is 39.1 Å². The van der Waals surface area contributed by atoms with E-state index in [0.717, 1.165) is 37.0 Å². The molecule has 0 radical (unpaired) electrons. The highest BCUT2D eigenvalue weighted by Gasteiger charge is 2.31. The SMILES string of the molecule is CCCCc1ccc(N(Cc2ccc(C(=O)N/C(N)=N/N=N)cc2)C(=O)Nc2ccc(OC(F)(F)F)cc2)cc1. The Bertz CT molecular complexity index is 1330. The standard InChI is InChI=1S/C27H28F3N7O3/c1-2-3-4-18-7-13-22(14-8-18)37(26(39)33-21-11-15-23(16-12-21)40-27(28,29)30)17-19-5-9-20(10-6-19)24(38)34-25(31)35-36-32/h5-16H,2-4,17H2,1H3,(H,33,39)(H4,31,32,34,35,38). The Balaban J connectivity index is 1.80. The molecule has 0 spiro atoms. The van der Waals surface area contributed by atoms with E-state index in [1.807, 2.05) is 24.3 Å². The van der Waals surface area contributed by atoms with Gasteiger partial charge in [0.2, 0.25) is 5.96 Å². The molecule has 3 aromatic carbocycles. The lowest BCUT2D eigenvalue weighted by Crippen LogP contribution is -2.36. The summed E-state index contributed by atoms with van der Waals surface area (Å²) in [4.78, 5) is 27.1. The number of benzene rings is 3. The number of hydrogen-bond donors (Lipinski definition) is 4. The Labute approximate surface area is 228 Å². The van der Waals surface area contributed by atoms with E-state index in [1.165, 1.54) is 17.0 Å². The highest BCUT2D eigenvalue weighted by Crippen LogP contribution is 2.25. The summed E-state index contributed by atoms with van der Waals surface area (Å²) in [5, 5.41) is 11.0. The smallest absolute Gasteiger partial charge is 0.406 e. The molecule has 0 aliphatic heterocycles. The van der Waals surface area contributed by atoms with Gasteiger partial charge in [-0.25, -0.2) is 4.79 Å². The van der Waals surface area contributed by atoms with E-state index in [9.17, 15) is 22.8 Å². The lowest BCUT2D eigenvalue weighted by atomic mass is 10.1. The largest absolute Gasteiger partial charge is 0.573 e. The number of ether oxygens (including phenoxy) is 1. The van der Waals surface area contributed by atoms with Crippen molar-refractivity contribution in [2.75, 3.05) is 10.2 Å². The van der Waals surface area contributed by atoms with Crippen LogP contribution in [0.3, 0.4) is 0 Å². The number of alkyl halides is 3. The molecule has 13 heteroatoms. The summed E-state index contributed by atoms with van der Waals surface area (Å²) >= 11 is 0. The number of nitrogens with zero attached hydrogens (tertiary/aromatic N) is 3. The molecule has 0 heterocycles. The van der Waals surface area contributed by atoms with Gasteiger partial charge in [0.15, 0.2) is 0 Å². The number of anilines is 2. The van der Waals surface area contributed by atoms with E-state index in [-0.39, 0.29) is 23.8 Å². The van der Waals surface area contributed by atoms with Gasteiger partial charge in [0.05, 0.1) is 6.54 Å². The summed E-state index contributed by atoms with van der Waals surface area (Å²) < 4.78 is 41.3. The number of carbonyl (C=O) groups excluding carboxylic acids is 2. The number of amides is 3. The molecule has 3 aromatic rings. The molecule has 0 bridgehead atoms. The van der Waals surface area contributed by atoms with Crippen LogP contribution in [-0.4, -0.2) is 24.3 Å². The topological polar surface area (TPSA) is 145 Å². The number of nitrogens with two attached hydrogens (primary N) is 1. The molecule has 0 saturated carbocycles. The second kappa shape index (κ2) is 13.7. The number of halogens is 3. The van der Waals surface area contributed by atoms with Crippen LogP contribution in [0.4, 0.5) is 29.3 Å². The predicted molar refractivity (Wildman–Crippen MR) is 144 cm³/mol. The highest BCUT2D eigenvalue weighted by molar-refractivity contribution is 6.05. The van der Waals surface area contributed by atoms with Crippen molar-refractivity contribution in [3.05, 3.63) is 89.5 Å². The van der Waals surface area contributed by atoms with Crippen LogP contribution in [-0.2, 0) is 13.0 Å². The van der Waals surface area contributed by atoms with Gasteiger partial charge in [0.1, 0.15) is 5.75 Å². The second-order valence-corrected chi connectivity index (χ2v) is 8.59. The number of guanidine groups is 1. The Morgan fingerprint density at radius 1 is 0.975 bits per heavy atom. The fraction of sp³-hybridized carbons (Fsp3) is 0.222. The van der Waals surface area contributed by atoms with Crippen molar-refractivity contribution in [1.29, 1.82) is 5.53 Å². The summed E-state index contributed by atoms with van der Waals surface area (Å²) in [6, 6.07) is 18.3. The third-order valence-electron chi connectivity index (χ3n) is 5.61. The maximum Gasteiger partial charge on any atom is 0.573 e. The summed E-state index contributed by atoms with van der Waals surface area (Å²) in [6.07, 6.45) is -1.83. The number of urea groups is 1. The van der Waals surface area contributed by atoms with Gasteiger partial charge >= 0.3 is 12.4 Å². The fourth-order valence-electron chi connectivity index (χ4n) is 3.65. The maximum absolute atomic E-state index is 13.3. The van der Waals surface area contributed by atoms with Crippen LogP contribution in [0.1, 0.15) is 41.3 Å². The van der Waals surface area contributed by atoms with Crippen molar-refractivity contribution in [1.82, 2.24) is 5.32 Å². The monoisotopic (exact) mass is 555 g/mol. The minimum atomic E-state index is -4.82. The van der Waals surface area contributed by atoms with Crippen LogP contribution in [0.25, 0.3) is 0 Å². The molecular weight excluding hydrogens is 527 g/mol. The van der Waals surface area contributed by atoms with Crippen LogP contribution < -0.4 is 26.0 Å². The van der Waals surface area contributed by atoms with Gasteiger partial charge in [0.25, 0.3) is 5.91 Å². The predicted octanol–water partition coefficient (Wildman–Crippen LogP) is 6.16. The van der Waals surface area contributed by atoms with Crippen molar-refractivity contribution < 1.29 is 27.5 Å². The quantitative estimate of drug-likeness (QED) is 0.103. The molecule has 0 saturated heterocycles. The van der Waals surface area contributed by atoms with E-state index < -0.39 is 24.1 Å². The zero-order valence-electron chi connectivity index (χ0n) is 21.5. The van der Waals surface area contributed by atoms with Crippen LogP contribution in [0.2, 0.25) is 0 Å². The van der Waals surface area contributed by atoms with Gasteiger partial charge in [-0.2, -0.15) is 5.53 Å². The Kier molecular flexibility index (Phi) is 10.2. The van der Waals surface area contributed by atoms with E-state index in [2.05, 4.69) is 32.6 Å². The summed E-state index contributed by atoms with van der Waals surface area (Å²) in [5.41, 5.74) is 15.1. The molecular formula is C27H28F3N7O3. The molecule has 3 amide bonds. The van der Waals surface area contributed by atoms with E-state index >= 15 is 0 Å². The third kappa shape index (κ3) is 9.11. The zero-order valence-corrected chi connectivity index (χ0v) is 21.5. The first kappa shape index (κ1) is 29.6. The number of aryl methyl sites for hydroxylation is 1. The molecule has 5 N–H and O–H groups in total. The van der Waals surface area contributed by atoms with Gasteiger partial charge in [-0.05, 0) is 77.7 Å². The molecule has 0 fully saturated rings. The van der Waals surface area contributed by atoms with E-state index in [0.29, 0.717) is 11.3 Å². The molecule has 10 nitrogen and oxygen atoms in total. The number of hydrogen-bond acceptors (Lipinski definition) is 5. The van der Waals surface area contributed by atoms with Crippen LogP contribution >= 0.6 is 0 Å². The number of carbonyl (C=O) groups is 2. The average Bonchev–Trinajstić information content (AvgIpc) is 2.91. The van der Waals surface area contributed by atoms with Crippen molar-refractivity contribution >= 4 is 29.3 Å². The van der Waals surface area contributed by atoms with Gasteiger partial charge in [-0.15, -0.1) is 13.2 Å². The van der Waals surface area contributed by atoms with E-state index in [4.69, 9.17) is 11.3 Å². The molecule has 0 aliphatic rings. The lowest BCUT2D eigenvalue weighted by Gasteiger charge is -2.24. The maximum atomic E-state index is 13.3. The van der Waals surface area contributed by atoms with Crippen LogP contribution in [0.15, 0.2) is 83.1 Å². The number of unbranched alkanes of at least 4 members (excludes halogenated alkanes) is 1. The first-order chi connectivity index (χ1) is 19.1. The van der Waals surface area contributed by atoms with Crippen LogP contribution in [0, 0.1) is 5.53 Å². The third-order valence-corrected chi connectivity index (χ3v) is 5.61. The first-order valence-electron chi connectivity index (χ1n) is 12.2. The Hall–Kier alpha value is -4.94. The second-order valence-electron chi connectivity index (χ2n) is 8.59. The van der Waals surface area contributed by atoms with Crippen molar-refractivity contribution in [3.8, 4) is 5.75 Å². The summed E-state index contributed by atoms with van der Waals surface area (Å²) in [6.45, 7) is 2.23. The molecule has 0 aliphatic carbocycles. The molecule has 0 atom stereocenters. The van der Waals surface area contributed by atoms with E-state index in [1.54, 1.807) is 24.3 Å². The summed E-state index contributed by atoms with van der Waals surface area (Å²) in [5.74, 6) is -1.28. The van der Waals surface area contributed by atoms with Crippen molar-refractivity contribution in [2.24, 2.45) is 16.1 Å². The minimum absolute atomic E-state index is 0.124. The molecule has 3 rings (SSSR count). The van der Waals surface area contributed by atoms with Gasteiger partial charge in [-0.3, -0.25) is 15.0 Å². The molecule has 210 valence electrons. The minimum Gasteiger partial charge on any atom is -0.406 e. The first-order valence-corrected chi connectivity index (χ1v) is 12.2. The van der Waals surface area contributed by atoms with Crippen molar-refractivity contribution in [3.63, 3.8) is 0 Å². The fourth-order valence-corrected chi connectivity index (χ4v) is 3.65. The number of rotatable bonds is 10. The van der Waals surface area contributed by atoms with Gasteiger partial charge in [-0.1, -0.05) is 42.7 Å². The molecule has 40 heavy (non-hydrogen) atoms. The molecule has 0 unspecified atom stereocenters.